The van der Waals surface area contributed by atoms with E-state index in [0.717, 1.165) is 19.3 Å². The smallest absolute Gasteiger partial charge is 0.198 e. The van der Waals surface area contributed by atoms with Gasteiger partial charge in [0, 0.05) is 38.8 Å². The normalized spacial score (nSPS) is 21.5. The number of hydrogen-bond acceptors (Lipinski definition) is 1. The van der Waals surface area contributed by atoms with Gasteiger partial charge in [-0.2, -0.15) is 4.58 Å². The molecular weight excluding hydrogens is 611 g/mol. The van der Waals surface area contributed by atoms with E-state index in [1.165, 1.54) is 76.2 Å². The van der Waals surface area contributed by atoms with E-state index in [0.29, 0.717) is 5.92 Å². The molecule has 0 saturated carbocycles. The average Bonchev–Trinajstić information content (AvgIpc) is 3.44. The summed E-state index contributed by atoms with van der Waals surface area (Å²) in [6, 6.07) is 37.9. The summed E-state index contributed by atoms with van der Waals surface area (Å²) < 4.78 is 2.41. The van der Waals surface area contributed by atoms with E-state index < -0.39 is 0 Å². The van der Waals surface area contributed by atoms with Crippen molar-refractivity contribution < 1.29 is 4.58 Å². The number of allylic oxidation sites excluding steroid dienone is 7. The maximum absolute atomic E-state index is 2.48. The van der Waals surface area contributed by atoms with Crippen molar-refractivity contribution in [2.75, 3.05) is 7.05 Å². The maximum atomic E-state index is 2.48. The van der Waals surface area contributed by atoms with Crippen LogP contribution in [0.3, 0.4) is 0 Å². The van der Waals surface area contributed by atoms with Gasteiger partial charge < -0.3 is 0 Å². The number of hydrogen-bond donors (Lipinski definition) is 0. The molecule has 1 nitrogen and oxygen atoms in total. The number of thioether (sulfide) groups is 1. The number of rotatable bonds is 5. The summed E-state index contributed by atoms with van der Waals surface area (Å²) in [7, 11) is 2.24. The van der Waals surface area contributed by atoms with Crippen LogP contribution in [0.25, 0.3) is 21.5 Å². The first-order valence-corrected chi connectivity index (χ1v) is 18.7. The second-order valence-electron chi connectivity index (χ2n) is 15.1. The van der Waals surface area contributed by atoms with Crippen LogP contribution < -0.4 is 0 Å². The van der Waals surface area contributed by atoms with Crippen LogP contribution in [0.4, 0.5) is 5.69 Å². The number of nitrogens with zero attached hydrogens (tertiary/aromatic N) is 1. The SMILES string of the molecule is CC1/C(=C\C=C2/CCCC(/C=C/C3=[N+](C)c4ccc5ccccc5c4C3(C)C)=C2Sc2ccccc2)C(C)(C)c2c1ccc1ccccc21. The van der Waals surface area contributed by atoms with Crippen LogP contribution in [-0.2, 0) is 10.8 Å². The van der Waals surface area contributed by atoms with Crippen molar-refractivity contribution in [1.29, 1.82) is 0 Å². The Labute approximate surface area is 296 Å². The first kappa shape index (κ1) is 31.8. The topological polar surface area (TPSA) is 3.01 Å². The molecule has 0 aromatic heterocycles. The van der Waals surface area contributed by atoms with E-state index >= 15 is 0 Å². The van der Waals surface area contributed by atoms with Gasteiger partial charge in [0.1, 0.15) is 7.05 Å². The fourth-order valence-corrected chi connectivity index (χ4v) is 10.2. The van der Waals surface area contributed by atoms with Gasteiger partial charge in [0.05, 0.1) is 5.41 Å². The molecule has 1 unspecified atom stereocenters. The zero-order chi connectivity index (χ0) is 33.9. The molecule has 1 atom stereocenters. The lowest BCUT2D eigenvalue weighted by Crippen LogP contribution is -2.27. The van der Waals surface area contributed by atoms with Crippen molar-refractivity contribution in [3.63, 3.8) is 0 Å². The molecule has 0 N–H and O–H groups in total. The third kappa shape index (κ3) is 5.27. The van der Waals surface area contributed by atoms with Crippen molar-refractivity contribution in [3.05, 3.63) is 166 Å². The molecule has 49 heavy (non-hydrogen) atoms. The lowest BCUT2D eigenvalue weighted by molar-refractivity contribution is -0.401. The van der Waals surface area contributed by atoms with Crippen LogP contribution in [-0.4, -0.2) is 17.3 Å². The van der Waals surface area contributed by atoms with Crippen LogP contribution in [0, 0.1) is 0 Å². The Hall–Kier alpha value is -4.40. The molecule has 0 radical (unpaired) electrons. The van der Waals surface area contributed by atoms with Crippen molar-refractivity contribution in [1.82, 2.24) is 0 Å². The molecule has 2 aliphatic carbocycles. The maximum Gasteiger partial charge on any atom is 0.210 e. The number of benzene rings is 5. The van der Waals surface area contributed by atoms with Gasteiger partial charge in [0.2, 0.25) is 5.69 Å². The third-order valence-electron chi connectivity index (χ3n) is 11.5. The fraction of sp³-hybridized carbons (Fsp3) is 0.255. The molecule has 0 saturated heterocycles. The quantitative estimate of drug-likeness (QED) is 0.170. The van der Waals surface area contributed by atoms with E-state index in [1.54, 1.807) is 0 Å². The average molecular weight is 657 g/mol. The van der Waals surface area contributed by atoms with E-state index in [-0.39, 0.29) is 10.8 Å². The fourth-order valence-electron chi connectivity index (χ4n) is 9.07. The van der Waals surface area contributed by atoms with Crippen LogP contribution in [0.1, 0.15) is 76.5 Å². The molecule has 0 amide bonds. The predicted octanol–water partition coefficient (Wildman–Crippen LogP) is 12.7. The minimum atomic E-state index is -0.101. The lowest BCUT2D eigenvalue weighted by Gasteiger charge is -2.25. The zero-order valence-corrected chi connectivity index (χ0v) is 30.5. The van der Waals surface area contributed by atoms with Crippen molar-refractivity contribution >= 4 is 44.7 Å². The van der Waals surface area contributed by atoms with E-state index in [4.69, 9.17) is 0 Å². The van der Waals surface area contributed by atoms with E-state index in [2.05, 4.69) is 174 Å². The molecule has 0 spiro atoms. The second-order valence-corrected chi connectivity index (χ2v) is 16.2. The van der Waals surface area contributed by atoms with E-state index in [1.807, 2.05) is 11.8 Å². The molecule has 1 heterocycles. The van der Waals surface area contributed by atoms with Gasteiger partial charge in [0.25, 0.3) is 0 Å². The molecule has 0 fully saturated rings. The summed E-state index contributed by atoms with van der Waals surface area (Å²) >= 11 is 1.93. The molecule has 5 aromatic rings. The lowest BCUT2D eigenvalue weighted by atomic mass is 9.78. The van der Waals surface area contributed by atoms with Crippen LogP contribution in [0.2, 0.25) is 0 Å². The molecule has 3 aliphatic rings. The number of fused-ring (bicyclic) bond motifs is 6. The highest BCUT2D eigenvalue weighted by atomic mass is 32.2. The molecule has 8 rings (SSSR count). The molecule has 244 valence electrons. The largest absolute Gasteiger partial charge is 0.210 e. The summed E-state index contributed by atoms with van der Waals surface area (Å²) in [6.07, 6.45) is 13.2. The Morgan fingerprint density at radius 2 is 1.33 bits per heavy atom. The molecular formula is C47H46NS+. The Kier molecular flexibility index (Phi) is 7.91. The van der Waals surface area contributed by atoms with Gasteiger partial charge in [-0.3, -0.25) is 0 Å². The highest BCUT2D eigenvalue weighted by Gasteiger charge is 2.44. The van der Waals surface area contributed by atoms with Crippen LogP contribution >= 0.6 is 11.8 Å². The van der Waals surface area contributed by atoms with Gasteiger partial charge >= 0.3 is 0 Å². The van der Waals surface area contributed by atoms with Gasteiger partial charge in [-0.15, -0.1) is 0 Å². The summed E-state index contributed by atoms with van der Waals surface area (Å²) in [5.41, 5.74) is 11.3. The van der Waals surface area contributed by atoms with Gasteiger partial charge in [0.15, 0.2) is 5.71 Å². The summed E-state index contributed by atoms with van der Waals surface area (Å²) in [5.74, 6) is 0.387. The Balaban J connectivity index is 1.20. The van der Waals surface area contributed by atoms with Gasteiger partial charge in [-0.25, -0.2) is 0 Å². The summed E-state index contributed by atoms with van der Waals surface area (Å²) in [6.45, 7) is 12.0. The van der Waals surface area contributed by atoms with Crippen molar-refractivity contribution in [3.8, 4) is 0 Å². The minimum Gasteiger partial charge on any atom is -0.198 e. The monoisotopic (exact) mass is 656 g/mol. The zero-order valence-electron chi connectivity index (χ0n) is 29.7. The summed E-state index contributed by atoms with van der Waals surface area (Å²) in [5, 5.41) is 5.39. The first-order valence-electron chi connectivity index (χ1n) is 17.9. The standard InChI is InChI=1S/C47H46NS/c1-31-37-27-23-32-15-10-12-21-38(32)43(37)46(2,3)40(31)28-24-34-17-14-18-35(45(34)49-36-19-8-7-9-20-36)26-30-42-47(4,5)44-39-22-13-11-16-33(39)25-29-41(44)48(42)6/h7-13,15-16,19-31H,14,17-18H2,1-6H3/q+1/b30-26+,34-24+,40-28+. The molecule has 5 aromatic carbocycles. The third-order valence-corrected chi connectivity index (χ3v) is 12.7. The second kappa shape index (κ2) is 12.2. The van der Waals surface area contributed by atoms with Crippen LogP contribution in [0.5, 0.6) is 0 Å². The predicted molar refractivity (Wildman–Crippen MR) is 212 cm³/mol. The Morgan fingerprint density at radius 3 is 2.06 bits per heavy atom. The van der Waals surface area contributed by atoms with Crippen molar-refractivity contribution in [2.45, 2.75) is 75.5 Å². The van der Waals surface area contributed by atoms with Crippen LogP contribution in [0.15, 0.2) is 154 Å². The van der Waals surface area contributed by atoms with Gasteiger partial charge in [-0.1, -0.05) is 135 Å². The highest BCUT2D eigenvalue weighted by molar-refractivity contribution is 8.03. The van der Waals surface area contributed by atoms with Gasteiger partial charge in [-0.05, 0) is 95.1 Å². The minimum absolute atomic E-state index is 0.0328. The molecule has 1 aliphatic heterocycles. The Morgan fingerprint density at radius 1 is 0.673 bits per heavy atom. The summed E-state index contributed by atoms with van der Waals surface area (Å²) in [4.78, 5) is 2.71. The molecule has 0 bridgehead atoms. The van der Waals surface area contributed by atoms with E-state index in [9.17, 15) is 0 Å². The molecule has 2 heteroatoms. The highest BCUT2D eigenvalue weighted by Crippen LogP contribution is 2.53. The Bertz CT molecular complexity index is 2290. The first-order chi connectivity index (χ1) is 23.7. The van der Waals surface area contributed by atoms with Crippen molar-refractivity contribution in [2.24, 2.45) is 0 Å².